The fourth-order valence-corrected chi connectivity index (χ4v) is 4.77. The number of hydrogen-bond acceptors (Lipinski definition) is 6. The first kappa shape index (κ1) is 24.0. The van der Waals surface area contributed by atoms with Crippen LogP contribution < -0.4 is 10.1 Å². The number of hydrogen-bond donors (Lipinski definition) is 3. The van der Waals surface area contributed by atoms with E-state index in [-0.39, 0.29) is 17.4 Å². The minimum atomic E-state index is -1.93. The van der Waals surface area contributed by atoms with Gasteiger partial charge in [-0.3, -0.25) is 4.79 Å². The Balaban J connectivity index is 1.79. The lowest BCUT2D eigenvalue weighted by molar-refractivity contribution is -0.142. The van der Waals surface area contributed by atoms with Crippen LogP contribution in [0.15, 0.2) is 54.6 Å². The maximum Gasteiger partial charge on any atom is 0.257 e. The standard InChI is InChI=1S/C27H31NO6/c1-16(2)21-13-15-26(3,34-21)14-12-17-6-11-20-22(23(17)29)27(31,24(33-5)25(30)28-20)18-7-9-19(32-4)10-8-18/h6-12,14,21,24,29,31H,1,13,15H2,2-5H3,(H,28,30)/b14-12+. The van der Waals surface area contributed by atoms with Gasteiger partial charge < -0.3 is 29.7 Å². The van der Waals surface area contributed by atoms with E-state index in [0.717, 1.165) is 18.4 Å². The first-order valence-corrected chi connectivity index (χ1v) is 11.2. The van der Waals surface area contributed by atoms with Crippen molar-refractivity contribution in [2.24, 2.45) is 0 Å². The quantitative estimate of drug-likeness (QED) is 0.555. The van der Waals surface area contributed by atoms with Crippen molar-refractivity contribution in [2.45, 2.75) is 50.1 Å². The van der Waals surface area contributed by atoms with Crippen LogP contribution in [0.5, 0.6) is 11.5 Å². The van der Waals surface area contributed by atoms with Gasteiger partial charge in [0, 0.05) is 12.7 Å². The molecule has 0 aliphatic carbocycles. The highest BCUT2D eigenvalue weighted by Gasteiger charge is 2.51. The fraction of sp³-hybridized carbons (Fsp3) is 0.370. The second-order valence-corrected chi connectivity index (χ2v) is 9.16. The first-order chi connectivity index (χ1) is 16.1. The monoisotopic (exact) mass is 465 g/mol. The fourth-order valence-electron chi connectivity index (χ4n) is 4.77. The third-order valence-corrected chi connectivity index (χ3v) is 6.71. The number of benzene rings is 2. The normalized spacial score (nSPS) is 28.6. The van der Waals surface area contributed by atoms with Gasteiger partial charge in [0.1, 0.15) is 11.5 Å². The van der Waals surface area contributed by atoms with E-state index in [1.165, 1.54) is 7.11 Å². The van der Waals surface area contributed by atoms with Gasteiger partial charge >= 0.3 is 0 Å². The summed E-state index contributed by atoms with van der Waals surface area (Å²) in [6, 6.07) is 10.0. The number of methoxy groups -OCH3 is 2. The van der Waals surface area contributed by atoms with Gasteiger partial charge in [-0.15, -0.1) is 0 Å². The van der Waals surface area contributed by atoms with Crippen molar-refractivity contribution in [3.05, 3.63) is 71.3 Å². The molecule has 4 rings (SSSR count). The summed E-state index contributed by atoms with van der Waals surface area (Å²) in [6.07, 6.45) is 4.13. The lowest BCUT2D eigenvalue weighted by Crippen LogP contribution is -2.52. The molecule has 7 heteroatoms. The molecular weight excluding hydrogens is 434 g/mol. The SMILES string of the molecule is C=C(C)C1CCC(C)(/C=C/c2ccc3c(c2O)C(O)(c2ccc(OC)cc2)C(OC)C(=O)N3)O1. The van der Waals surface area contributed by atoms with Gasteiger partial charge in [-0.05, 0) is 56.5 Å². The maximum absolute atomic E-state index is 12.8. The predicted octanol–water partition coefficient (Wildman–Crippen LogP) is 4.13. The van der Waals surface area contributed by atoms with Gasteiger partial charge in [0.25, 0.3) is 5.91 Å². The summed E-state index contributed by atoms with van der Waals surface area (Å²) in [5, 5.41) is 26.0. The van der Waals surface area contributed by atoms with Crippen molar-refractivity contribution in [1.29, 1.82) is 0 Å². The summed E-state index contributed by atoms with van der Waals surface area (Å²) in [6.45, 7) is 7.94. The topological polar surface area (TPSA) is 97.3 Å². The molecule has 0 spiro atoms. The molecule has 2 aromatic carbocycles. The van der Waals surface area contributed by atoms with E-state index >= 15 is 0 Å². The lowest BCUT2D eigenvalue weighted by Gasteiger charge is -2.40. The van der Waals surface area contributed by atoms with Gasteiger partial charge in [-0.1, -0.05) is 36.4 Å². The number of carbonyl (C=O) groups excluding carboxylic acids is 1. The summed E-state index contributed by atoms with van der Waals surface area (Å²) in [4.78, 5) is 12.8. The zero-order valence-corrected chi connectivity index (χ0v) is 19.9. The smallest absolute Gasteiger partial charge is 0.257 e. The molecule has 0 saturated carbocycles. The van der Waals surface area contributed by atoms with E-state index in [4.69, 9.17) is 14.2 Å². The minimum absolute atomic E-state index is 0.00428. The highest BCUT2D eigenvalue weighted by molar-refractivity contribution is 6.00. The number of nitrogens with one attached hydrogen (secondary N) is 1. The molecule has 1 amide bonds. The highest BCUT2D eigenvalue weighted by atomic mass is 16.5. The van der Waals surface area contributed by atoms with Crippen molar-refractivity contribution >= 4 is 17.7 Å². The van der Waals surface area contributed by atoms with E-state index in [1.807, 2.05) is 19.9 Å². The molecule has 2 aromatic rings. The number of amides is 1. The van der Waals surface area contributed by atoms with Crippen LogP contribution in [0.1, 0.15) is 43.4 Å². The third kappa shape index (κ3) is 4.00. The molecule has 3 N–H and O–H groups in total. The predicted molar refractivity (Wildman–Crippen MR) is 130 cm³/mol. The van der Waals surface area contributed by atoms with Crippen molar-refractivity contribution < 1.29 is 29.2 Å². The van der Waals surface area contributed by atoms with Gasteiger partial charge in [0.15, 0.2) is 11.7 Å². The Kier molecular flexibility index (Phi) is 6.29. The molecule has 1 fully saturated rings. The molecule has 0 bridgehead atoms. The third-order valence-electron chi connectivity index (χ3n) is 6.71. The Hall–Kier alpha value is -3.13. The summed E-state index contributed by atoms with van der Waals surface area (Å²) in [5.74, 6) is -0.0542. The molecule has 2 aliphatic heterocycles. The first-order valence-electron chi connectivity index (χ1n) is 11.2. The Morgan fingerprint density at radius 2 is 1.94 bits per heavy atom. The zero-order valence-electron chi connectivity index (χ0n) is 19.9. The van der Waals surface area contributed by atoms with Crippen LogP contribution in [0.2, 0.25) is 0 Å². The van der Waals surface area contributed by atoms with E-state index < -0.39 is 23.2 Å². The van der Waals surface area contributed by atoms with E-state index in [9.17, 15) is 15.0 Å². The van der Waals surface area contributed by atoms with Crippen LogP contribution in [-0.4, -0.2) is 48.1 Å². The van der Waals surface area contributed by atoms with Gasteiger partial charge in [0.05, 0.1) is 30.1 Å². The molecule has 4 unspecified atom stereocenters. The summed E-state index contributed by atoms with van der Waals surface area (Å²) >= 11 is 0. The van der Waals surface area contributed by atoms with Crippen molar-refractivity contribution in [3.8, 4) is 11.5 Å². The Labute approximate surface area is 199 Å². The Morgan fingerprint density at radius 3 is 2.53 bits per heavy atom. The molecule has 0 radical (unpaired) electrons. The van der Waals surface area contributed by atoms with Crippen molar-refractivity contribution in [1.82, 2.24) is 0 Å². The second kappa shape index (κ2) is 8.91. The molecule has 7 nitrogen and oxygen atoms in total. The number of fused-ring (bicyclic) bond motifs is 1. The van der Waals surface area contributed by atoms with Crippen LogP contribution in [0.3, 0.4) is 0 Å². The molecule has 180 valence electrons. The van der Waals surface area contributed by atoms with Crippen LogP contribution >= 0.6 is 0 Å². The summed E-state index contributed by atoms with van der Waals surface area (Å²) < 4.78 is 16.8. The number of phenols is 1. The molecule has 2 aliphatic rings. The molecule has 34 heavy (non-hydrogen) atoms. The molecule has 1 saturated heterocycles. The van der Waals surface area contributed by atoms with Gasteiger partial charge in [0.2, 0.25) is 0 Å². The Bertz CT molecular complexity index is 1140. The Morgan fingerprint density at radius 1 is 1.24 bits per heavy atom. The number of carbonyl (C=O) groups is 1. The largest absolute Gasteiger partial charge is 0.507 e. The molecule has 0 aromatic heterocycles. The van der Waals surface area contributed by atoms with E-state index in [2.05, 4.69) is 11.9 Å². The minimum Gasteiger partial charge on any atom is -0.507 e. The zero-order chi connectivity index (χ0) is 24.7. The summed E-state index contributed by atoms with van der Waals surface area (Å²) in [7, 11) is 2.89. The van der Waals surface area contributed by atoms with Crippen LogP contribution in [0.25, 0.3) is 6.08 Å². The molecule has 4 atom stereocenters. The number of aromatic hydroxyl groups is 1. The number of rotatable bonds is 6. The number of ether oxygens (including phenoxy) is 3. The van der Waals surface area contributed by atoms with Crippen LogP contribution in [-0.2, 0) is 19.9 Å². The van der Waals surface area contributed by atoms with Crippen LogP contribution in [0.4, 0.5) is 5.69 Å². The lowest BCUT2D eigenvalue weighted by atomic mass is 9.76. The van der Waals surface area contributed by atoms with Crippen molar-refractivity contribution in [2.75, 3.05) is 19.5 Å². The molecular formula is C27H31NO6. The number of phenolic OH excluding ortho intramolecular Hbond substituents is 1. The number of anilines is 1. The highest BCUT2D eigenvalue weighted by Crippen LogP contribution is 2.48. The van der Waals surface area contributed by atoms with Gasteiger partial charge in [-0.25, -0.2) is 0 Å². The molecule has 2 heterocycles. The van der Waals surface area contributed by atoms with E-state index in [1.54, 1.807) is 49.6 Å². The van der Waals surface area contributed by atoms with Gasteiger partial charge in [-0.2, -0.15) is 0 Å². The second-order valence-electron chi connectivity index (χ2n) is 9.16. The van der Waals surface area contributed by atoms with E-state index in [0.29, 0.717) is 22.6 Å². The van der Waals surface area contributed by atoms with Crippen molar-refractivity contribution in [3.63, 3.8) is 0 Å². The summed E-state index contributed by atoms with van der Waals surface area (Å²) in [5.41, 5.74) is -0.0732. The average molecular weight is 466 g/mol. The average Bonchev–Trinajstić information content (AvgIpc) is 3.21. The number of aliphatic hydroxyl groups is 1. The van der Waals surface area contributed by atoms with Crippen LogP contribution in [0, 0.1) is 0 Å². The maximum atomic E-state index is 12.8.